The lowest BCUT2D eigenvalue weighted by Crippen LogP contribution is -2.71. The second kappa shape index (κ2) is 10.6. The minimum Gasteiger partial charge on any atom is -0.477 e. The number of aliphatic carboxylic acids is 1. The number of aromatic nitrogens is 2. The molecule has 1 saturated heterocycles. The molecule has 192 valence electrons. The molecule has 0 unspecified atom stereocenters. The number of hydrogen-bond donors (Lipinski definition) is 3. The third-order valence-corrected chi connectivity index (χ3v) is 9.55. The van der Waals surface area contributed by atoms with Crippen LogP contribution in [0.4, 0.5) is 9.52 Å². The van der Waals surface area contributed by atoms with Gasteiger partial charge in [0, 0.05) is 17.1 Å². The molecule has 2 aliphatic rings. The van der Waals surface area contributed by atoms with E-state index in [-0.39, 0.29) is 28.8 Å². The van der Waals surface area contributed by atoms with Crippen molar-refractivity contribution >= 4 is 85.0 Å². The molecule has 16 heteroatoms. The lowest BCUT2D eigenvalue weighted by molar-refractivity contribution is -0.150. The van der Waals surface area contributed by atoms with Gasteiger partial charge in [0.15, 0.2) is 9.47 Å². The summed E-state index contributed by atoms with van der Waals surface area (Å²) in [6.07, 6.45) is -0.350. The fourth-order valence-corrected chi connectivity index (χ4v) is 7.77. The van der Waals surface area contributed by atoms with E-state index in [4.69, 9.17) is 10.6 Å². The summed E-state index contributed by atoms with van der Waals surface area (Å²) in [5, 5.41) is 17.2. The number of benzene rings is 1. The van der Waals surface area contributed by atoms with Crippen LogP contribution in [-0.4, -0.2) is 67.3 Å². The molecule has 3 aromatic rings. The van der Waals surface area contributed by atoms with Crippen LogP contribution >= 0.6 is 46.2 Å². The summed E-state index contributed by atoms with van der Waals surface area (Å²) >= 11 is 5.07. The van der Waals surface area contributed by atoms with Gasteiger partial charge in [0.1, 0.15) is 22.8 Å². The molecule has 0 bridgehead atoms. The maximum atomic E-state index is 13.0. The number of β-lactam (4-membered cyclic amide) rings is 1. The van der Waals surface area contributed by atoms with Crippen LogP contribution in [-0.2, 0) is 14.4 Å². The highest BCUT2D eigenvalue weighted by Crippen LogP contribution is 2.46. The fraction of sp³-hybridized carbons (Fsp3) is 0.238. The Morgan fingerprint density at radius 2 is 2.16 bits per heavy atom. The summed E-state index contributed by atoms with van der Waals surface area (Å²) in [5.74, 6) is -2.27. The number of oxime groups is 1. The van der Waals surface area contributed by atoms with Gasteiger partial charge in [-0.15, -0.1) is 34.4 Å². The number of carboxylic acid groups (broad SMARTS) is 1. The topological polar surface area (TPSA) is 160 Å². The van der Waals surface area contributed by atoms with Gasteiger partial charge >= 0.3 is 5.97 Å². The van der Waals surface area contributed by atoms with Crippen LogP contribution in [0.25, 0.3) is 10.2 Å². The number of fused-ring (bicyclic) bond motifs is 2. The molecule has 0 aliphatic carbocycles. The second-order valence-electron chi connectivity index (χ2n) is 7.58. The van der Waals surface area contributed by atoms with Gasteiger partial charge in [-0.2, -0.15) is 4.98 Å². The zero-order valence-electron chi connectivity index (χ0n) is 18.6. The van der Waals surface area contributed by atoms with Crippen molar-refractivity contribution in [3.8, 4) is 5.88 Å². The van der Waals surface area contributed by atoms with Crippen LogP contribution in [0.15, 0.2) is 49.7 Å². The summed E-state index contributed by atoms with van der Waals surface area (Å²) < 4.78 is 14.7. The smallest absolute Gasteiger partial charge is 0.353 e. The Morgan fingerprint density at radius 1 is 1.35 bits per heavy atom. The number of carbonyl (C=O) groups excluding carboxylic acids is 2. The Balaban J connectivity index is 1.31. The number of para-hydroxylation sites is 1. The molecule has 4 N–H and O–H groups in total. The Kier molecular flexibility index (Phi) is 7.32. The summed E-state index contributed by atoms with van der Waals surface area (Å²) in [7, 11) is 0. The molecule has 1 aromatic carbocycles. The summed E-state index contributed by atoms with van der Waals surface area (Å²) in [4.78, 5) is 52.9. The van der Waals surface area contributed by atoms with Gasteiger partial charge in [0.25, 0.3) is 17.7 Å². The number of alkyl halides is 1. The minimum atomic E-state index is -1.25. The van der Waals surface area contributed by atoms with Crippen LogP contribution < -0.4 is 15.9 Å². The number of thioether (sulfide) groups is 2. The first-order chi connectivity index (χ1) is 17.9. The molecule has 2 aromatic heterocycles. The number of nitrogens with one attached hydrogen (secondary N) is 1. The Labute approximate surface area is 225 Å². The number of amides is 2. The van der Waals surface area contributed by atoms with Gasteiger partial charge in [-0.1, -0.05) is 29.1 Å². The van der Waals surface area contributed by atoms with Crippen LogP contribution in [0.1, 0.15) is 6.42 Å². The first kappa shape index (κ1) is 25.4. The molecule has 0 radical (unpaired) electrons. The third kappa shape index (κ3) is 5.14. The van der Waals surface area contributed by atoms with Crippen LogP contribution in [0.3, 0.4) is 0 Å². The number of nitrogens with two attached hydrogens (primary N) is 1. The lowest BCUT2D eigenvalue weighted by Gasteiger charge is -2.49. The van der Waals surface area contributed by atoms with E-state index < -0.39 is 35.9 Å². The Hall–Kier alpha value is -3.21. The molecule has 2 aliphatic heterocycles. The van der Waals surface area contributed by atoms with E-state index in [0.717, 1.165) is 26.5 Å². The zero-order chi connectivity index (χ0) is 26.1. The molecule has 2 atom stereocenters. The van der Waals surface area contributed by atoms with Crippen molar-refractivity contribution in [1.82, 2.24) is 20.2 Å². The first-order valence-electron chi connectivity index (χ1n) is 10.6. The Bertz CT molecular complexity index is 1420. The maximum absolute atomic E-state index is 13.0. The van der Waals surface area contributed by atoms with Gasteiger partial charge in [0.05, 0.1) is 22.3 Å². The number of carboxylic acids is 1. The monoisotopic (exact) mass is 580 g/mol. The highest BCUT2D eigenvalue weighted by atomic mass is 32.2. The fourth-order valence-electron chi connectivity index (χ4n) is 3.60. The number of nitrogen functional groups attached to an aromatic ring is 1. The van der Waals surface area contributed by atoms with Crippen molar-refractivity contribution in [1.29, 1.82) is 0 Å². The number of carbonyl (C=O) groups is 3. The second-order valence-corrected chi connectivity index (χ2v) is 11.9. The predicted octanol–water partition coefficient (Wildman–Crippen LogP) is 2.92. The van der Waals surface area contributed by atoms with Gasteiger partial charge in [-0.25, -0.2) is 9.78 Å². The third-order valence-electron chi connectivity index (χ3n) is 5.25. The number of halogens is 1. The average Bonchev–Trinajstić information content (AvgIpc) is 3.49. The Morgan fingerprint density at radius 3 is 2.86 bits per heavy atom. The van der Waals surface area contributed by atoms with E-state index >= 15 is 0 Å². The molecule has 11 nitrogen and oxygen atoms in total. The van der Waals surface area contributed by atoms with E-state index in [1.165, 1.54) is 40.2 Å². The van der Waals surface area contributed by atoms with Crippen molar-refractivity contribution in [2.24, 2.45) is 5.16 Å². The van der Waals surface area contributed by atoms with E-state index in [9.17, 15) is 23.9 Å². The van der Waals surface area contributed by atoms with E-state index in [1.807, 2.05) is 24.3 Å². The predicted molar refractivity (Wildman–Crippen MR) is 140 cm³/mol. The number of nitrogens with zero attached hydrogens (tertiary/aromatic N) is 4. The van der Waals surface area contributed by atoms with E-state index in [2.05, 4.69) is 20.4 Å². The van der Waals surface area contributed by atoms with Crippen molar-refractivity contribution < 1.29 is 28.7 Å². The van der Waals surface area contributed by atoms with Gasteiger partial charge in [-0.05, 0) is 12.1 Å². The molecular formula is C21H17FN6O5S4. The molecule has 5 rings (SSSR count). The van der Waals surface area contributed by atoms with Gasteiger partial charge in [0.2, 0.25) is 0 Å². The largest absolute Gasteiger partial charge is 0.477 e. The summed E-state index contributed by atoms with van der Waals surface area (Å²) in [5.41, 5.74) is 5.92. The molecule has 0 saturated carbocycles. The quantitative estimate of drug-likeness (QED) is 0.195. The molecular weight excluding hydrogens is 564 g/mol. The minimum absolute atomic E-state index is 0.0507. The van der Waals surface area contributed by atoms with Gasteiger partial charge in [-0.3, -0.25) is 18.9 Å². The maximum Gasteiger partial charge on any atom is 0.353 e. The van der Waals surface area contributed by atoms with Crippen LogP contribution in [0.2, 0.25) is 0 Å². The van der Waals surface area contributed by atoms with Crippen molar-refractivity contribution in [2.45, 2.75) is 22.2 Å². The van der Waals surface area contributed by atoms with Crippen molar-refractivity contribution in [2.75, 3.05) is 18.2 Å². The molecule has 0 spiro atoms. The normalized spacial score (nSPS) is 19.5. The summed E-state index contributed by atoms with van der Waals surface area (Å²) in [6.45, 7) is -0.879. The standard InChI is InChI=1S/C21H17FN6O5S4/c22-6-5-10(27-33-13-8-35-20(23)25-13)16(29)26-14-17(30)28-15(19(31)32)12(7-34-18(14)28)37-21-24-9-3-1-2-4-11(9)36-21/h1-4,8,14,18H,5-7H2,(H2,23,25)(H,26,29)(H,31,32)/b27-10-/t14-,18-/m1/s1. The van der Waals surface area contributed by atoms with Crippen LogP contribution in [0, 0.1) is 0 Å². The van der Waals surface area contributed by atoms with Crippen LogP contribution in [0.5, 0.6) is 5.88 Å². The molecule has 37 heavy (non-hydrogen) atoms. The number of thiazole rings is 2. The van der Waals surface area contributed by atoms with Crippen molar-refractivity contribution in [3.05, 3.63) is 40.2 Å². The van der Waals surface area contributed by atoms with Gasteiger partial charge < -0.3 is 21.0 Å². The first-order valence-corrected chi connectivity index (χ1v) is 14.2. The SMILES string of the molecule is Nc1nc(O/N=C(/CCF)C(=O)N[C@@H]2C(=O)N3C(C(=O)O)=C(Sc4nc5ccccc5s4)CS[C@H]23)cs1. The molecule has 4 heterocycles. The highest BCUT2D eigenvalue weighted by Gasteiger charge is 2.54. The summed E-state index contributed by atoms with van der Waals surface area (Å²) in [6, 6.07) is 6.57. The number of anilines is 1. The number of rotatable bonds is 9. The van der Waals surface area contributed by atoms with E-state index in [1.54, 1.807) is 0 Å². The average molecular weight is 581 g/mol. The van der Waals surface area contributed by atoms with Crippen molar-refractivity contribution in [3.63, 3.8) is 0 Å². The van der Waals surface area contributed by atoms with E-state index in [0.29, 0.717) is 15.0 Å². The molecule has 2 amide bonds. The lowest BCUT2D eigenvalue weighted by atomic mass is 10.0. The molecule has 1 fully saturated rings. The zero-order valence-corrected chi connectivity index (χ0v) is 21.9. The number of hydrogen-bond acceptors (Lipinski definition) is 12. The highest BCUT2D eigenvalue weighted by molar-refractivity contribution is 8.07.